The quantitative estimate of drug-likeness (QED) is 0.799. The van der Waals surface area contributed by atoms with Crippen LogP contribution in [0, 0.1) is 0 Å². The average molecular weight is 303 g/mol. The van der Waals surface area contributed by atoms with Crippen molar-refractivity contribution in [2.45, 2.75) is 64.1 Å². The molecule has 1 fully saturated rings. The van der Waals surface area contributed by atoms with Crippen molar-refractivity contribution in [2.24, 2.45) is 7.05 Å². The fourth-order valence-electron chi connectivity index (χ4n) is 3.47. The molecule has 0 N–H and O–H groups in total. The van der Waals surface area contributed by atoms with E-state index in [2.05, 4.69) is 11.1 Å². The summed E-state index contributed by atoms with van der Waals surface area (Å²) >= 11 is 0. The number of aryl methyl sites for hydroxylation is 1. The van der Waals surface area contributed by atoms with E-state index >= 15 is 0 Å². The summed E-state index contributed by atoms with van der Waals surface area (Å²) in [4.78, 5) is 18.9. The zero-order valence-corrected chi connectivity index (χ0v) is 13.9. The number of rotatable bonds is 1. The Morgan fingerprint density at radius 3 is 2.73 bits per heavy atom. The van der Waals surface area contributed by atoms with Gasteiger partial charge < -0.3 is 9.30 Å². The highest BCUT2D eigenvalue weighted by Gasteiger charge is 2.39. The van der Waals surface area contributed by atoms with Gasteiger partial charge in [-0.05, 0) is 52.0 Å². The minimum atomic E-state index is -0.449. The Morgan fingerprint density at radius 1 is 1.36 bits per heavy atom. The standard InChI is InChI=1S/C17H25N3O2/c1-17(2,3)22-16(21)20-13-6-5-7-14(20)11-12(10-13)15-18-8-9-19(15)4/h8-10,13-14H,5-7,11H2,1-4H3. The summed E-state index contributed by atoms with van der Waals surface area (Å²) in [5.41, 5.74) is 0.803. The van der Waals surface area contributed by atoms with Crippen LogP contribution in [0.25, 0.3) is 5.57 Å². The van der Waals surface area contributed by atoms with E-state index in [9.17, 15) is 4.79 Å². The summed E-state index contributed by atoms with van der Waals surface area (Å²) in [5, 5.41) is 0. The van der Waals surface area contributed by atoms with Crippen LogP contribution in [0.5, 0.6) is 0 Å². The second-order valence-electron chi connectivity index (χ2n) is 7.30. The molecule has 1 amide bonds. The molecular formula is C17H25N3O2. The molecule has 5 nitrogen and oxygen atoms in total. The average Bonchev–Trinajstić information content (AvgIpc) is 2.81. The predicted molar refractivity (Wildman–Crippen MR) is 85.3 cm³/mol. The van der Waals surface area contributed by atoms with Gasteiger partial charge in [0.1, 0.15) is 11.4 Å². The van der Waals surface area contributed by atoms with Crippen molar-refractivity contribution < 1.29 is 9.53 Å². The van der Waals surface area contributed by atoms with Crippen LogP contribution in [0.4, 0.5) is 4.79 Å². The van der Waals surface area contributed by atoms with E-state index in [1.54, 1.807) is 0 Å². The number of aromatic nitrogens is 2. The first-order valence-electron chi connectivity index (χ1n) is 8.05. The minimum absolute atomic E-state index is 0.133. The van der Waals surface area contributed by atoms with Gasteiger partial charge in [-0.2, -0.15) is 0 Å². The van der Waals surface area contributed by atoms with Gasteiger partial charge in [0.15, 0.2) is 0 Å². The van der Waals surface area contributed by atoms with Gasteiger partial charge in [-0.15, -0.1) is 0 Å². The normalized spacial score (nSPS) is 24.9. The molecule has 3 rings (SSSR count). The first-order valence-corrected chi connectivity index (χ1v) is 8.05. The van der Waals surface area contributed by atoms with E-state index in [0.29, 0.717) is 0 Å². The Hall–Kier alpha value is -1.78. The Balaban J connectivity index is 1.86. The number of fused-ring (bicyclic) bond motifs is 2. The van der Waals surface area contributed by atoms with E-state index in [4.69, 9.17) is 4.74 Å². The third-order valence-corrected chi connectivity index (χ3v) is 4.35. The summed E-state index contributed by atoms with van der Waals surface area (Å²) in [6.45, 7) is 5.75. The first kappa shape index (κ1) is 15.1. The van der Waals surface area contributed by atoms with Crippen molar-refractivity contribution in [3.05, 3.63) is 24.3 Å². The van der Waals surface area contributed by atoms with Gasteiger partial charge in [0.25, 0.3) is 0 Å². The van der Waals surface area contributed by atoms with Gasteiger partial charge in [0.2, 0.25) is 0 Å². The number of carbonyl (C=O) groups excluding carboxylic acids is 1. The fourth-order valence-corrected chi connectivity index (χ4v) is 3.47. The molecule has 2 aliphatic heterocycles. The highest BCUT2D eigenvalue weighted by atomic mass is 16.6. The maximum Gasteiger partial charge on any atom is 0.411 e. The minimum Gasteiger partial charge on any atom is -0.444 e. The molecule has 120 valence electrons. The second-order valence-corrected chi connectivity index (χ2v) is 7.30. The lowest BCUT2D eigenvalue weighted by molar-refractivity contribution is 0.0000403. The molecule has 0 saturated carbocycles. The van der Waals surface area contributed by atoms with Gasteiger partial charge in [-0.25, -0.2) is 9.78 Å². The summed E-state index contributed by atoms with van der Waals surface area (Å²) in [5.74, 6) is 1.01. The maximum atomic E-state index is 12.5. The molecule has 2 atom stereocenters. The number of hydrogen-bond donors (Lipinski definition) is 0. The number of hydrogen-bond acceptors (Lipinski definition) is 3. The van der Waals surface area contributed by atoms with E-state index in [1.165, 1.54) is 12.0 Å². The van der Waals surface area contributed by atoms with Crippen molar-refractivity contribution >= 4 is 11.7 Å². The Labute approximate surface area is 132 Å². The molecule has 0 aliphatic carbocycles. The maximum absolute atomic E-state index is 12.5. The zero-order valence-electron chi connectivity index (χ0n) is 13.9. The Kier molecular flexibility index (Phi) is 3.75. The number of carbonyl (C=O) groups is 1. The van der Waals surface area contributed by atoms with Crippen LogP contribution in [0.15, 0.2) is 18.5 Å². The topological polar surface area (TPSA) is 47.4 Å². The van der Waals surface area contributed by atoms with Crippen molar-refractivity contribution in [2.75, 3.05) is 0 Å². The third kappa shape index (κ3) is 2.89. The van der Waals surface area contributed by atoms with Gasteiger partial charge in [0, 0.05) is 25.5 Å². The van der Waals surface area contributed by atoms with Crippen LogP contribution in [-0.4, -0.2) is 38.2 Å². The SMILES string of the molecule is Cn1ccnc1C1=CC2CCCC(C1)N2C(=O)OC(C)(C)C. The molecule has 0 aromatic carbocycles. The molecule has 5 heteroatoms. The molecule has 1 aromatic rings. The van der Waals surface area contributed by atoms with Gasteiger partial charge in [0.05, 0.1) is 6.04 Å². The number of nitrogens with zero attached hydrogens (tertiary/aromatic N) is 3. The molecular weight excluding hydrogens is 278 g/mol. The van der Waals surface area contributed by atoms with Crippen LogP contribution in [0.2, 0.25) is 0 Å². The number of imidazole rings is 1. The first-order chi connectivity index (χ1) is 10.3. The lowest BCUT2D eigenvalue weighted by Crippen LogP contribution is -2.53. The molecule has 3 heterocycles. The molecule has 2 unspecified atom stereocenters. The summed E-state index contributed by atoms with van der Waals surface area (Å²) < 4.78 is 7.65. The molecule has 1 aromatic heterocycles. The van der Waals surface area contributed by atoms with Gasteiger partial charge >= 0.3 is 6.09 Å². The monoisotopic (exact) mass is 303 g/mol. The van der Waals surface area contributed by atoms with Crippen LogP contribution >= 0.6 is 0 Å². The van der Waals surface area contributed by atoms with Gasteiger partial charge in [-0.3, -0.25) is 4.90 Å². The fraction of sp³-hybridized carbons (Fsp3) is 0.647. The van der Waals surface area contributed by atoms with Crippen LogP contribution in [0.1, 0.15) is 52.3 Å². The highest BCUT2D eigenvalue weighted by Crippen LogP contribution is 2.37. The molecule has 0 spiro atoms. The van der Waals surface area contributed by atoms with Crippen molar-refractivity contribution in [3.8, 4) is 0 Å². The summed E-state index contributed by atoms with van der Waals surface area (Å²) in [6, 6.07) is 0.361. The molecule has 22 heavy (non-hydrogen) atoms. The molecule has 1 saturated heterocycles. The lowest BCUT2D eigenvalue weighted by Gasteiger charge is -2.44. The number of amides is 1. The van der Waals surface area contributed by atoms with Crippen molar-refractivity contribution in [1.82, 2.24) is 14.5 Å². The number of ether oxygens (including phenoxy) is 1. The molecule has 2 bridgehead atoms. The van der Waals surface area contributed by atoms with Crippen LogP contribution < -0.4 is 0 Å². The van der Waals surface area contributed by atoms with Gasteiger partial charge in [-0.1, -0.05) is 6.08 Å². The third-order valence-electron chi connectivity index (χ3n) is 4.35. The Bertz CT molecular complexity index is 597. The lowest BCUT2D eigenvalue weighted by atomic mass is 9.85. The van der Waals surface area contributed by atoms with E-state index in [-0.39, 0.29) is 18.2 Å². The van der Waals surface area contributed by atoms with E-state index in [0.717, 1.165) is 25.1 Å². The van der Waals surface area contributed by atoms with E-state index < -0.39 is 5.60 Å². The zero-order chi connectivity index (χ0) is 15.9. The Morgan fingerprint density at radius 2 is 2.14 bits per heavy atom. The van der Waals surface area contributed by atoms with Crippen LogP contribution in [-0.2, 0) is 11.8 Å². The van der Waals surface area contributed by atoms with E-state index in [1.807, 2.05) is 49.7 Å². The van der Waals surface area contributed by atoms with Crippen molar-refractivity contribution in [1.29, 1.82) is 0 Å². The van der Waals surface area contributed by atoms with Crippen LogP contribution in [0.3, 0.4) is 0 Å². The summed E-state index contributed by atoms with van der Waals surface area (Å²) in [7, 11) is 2.01. The molecule has 2 aliphatic rings. The smallest absolute Gasteiger partial charge is 0.411 e. The summed E-state index contributed by atoms with van der Waals surface area (Å²) in [6.07, 6.45) is 9.89. The largest absolute Gasteiger partial charge is 0.444 e. The number of piperidine rings is 1. The second kappa shape index (κ2) is 5.45. The predicted octanol–water partition coefficient (Wildman–Crippen LogP) is 3.37. The molecule has 0 radical (unpaired) electrons. The highest BCUT2D eigenvalue weighted by molar-refractivity contribution is 5.73. The van der Waals surface area contributed by atoms with Crippen molar-refractivity contribution in [3.63, 3.8) is 0 Å².